The topological polar surface area (TPSA) is 103 Å². The summed E-state index contributed by atoms with van der Waals surface area (Å²) in [4.78, 5) is 38.8. The first-order chi connectivity index (χ1) is 15.0. The first-order valence-electron chi connectivity index (χ1n) is 9.41. The number of carbonyl (C=O) groups is 2. The predicted octanol–water partition coefficient (Wildman–Crippen LogP) is 3.51. The Morgan fingerprint density at radius 3 is 2.61 bits per heavy atom. The standard InChI is InChI=1S/C22H18N4O4S/c1-13(19(27)23-16-10-6-9-15(11-16)22(29)30-2)26-21(28)17-12-18(31-20(17)24-25-26)14-7-4-3-5-8-14/h3-13H,1-2H3,(H,23,27). The van der Waals surface area contributed by atoms with E-state index in [2.05, 4.69) is 20.4 Å². The highest BCUT2D eigenvalue weighted by Gasteiger charge is 2.21. The van der Waals surface area contributed by atoms with E-state index >= 15 is 0 Å². The SMILES string of the molecule is COC(=O)c1cccc(NC(=O)C(C)n2nnc3sc(-c4ccccc4)cc3c2=O)c1. The van der Waals surface area contributed by atoms with Crippen molar-refractivity contribution in [3.8, 4) is 10.4 Å². The number of benzene rings is 2. The molecular formula is C22H18N4O4S. The van der Waals surface area contributed by atoms with Crippen molar-refractivity contribution in [2.45, 2.75) is 13.0 Å². The molecule has 0 saturated carbocycles. The second kappa shape index (κ2) is 8.49. The first kappa shape index (κ1) is 20.4. The number of fused-ring (bicyclic) bond motifs is 1. The summed E-state index contributed by atoms with van der Waals surface area (Å²) >= 11 is 1.37. The van der Waals surface area contributed by atoms with E-state index in [-0.39, 0.29) is 0 Å². The van der Waals surface area contributed by atoms with Crippen molar-refractivity contribution in [1.29, 1.82) is 0 Å². The van der Waals surface area contributed by atoms with Crippen molar-refractivity contribution in [2.24, 2.45) is 0 Å². The fourth-order valence-corrected chi connectivity index (χ4v) is 4.03. The van der Waals surface area contributed by atoms with Crippen LogP contribution in [0.4, 0.5) is 5.69 Å². The summed E-state index contributed by atoms with van der Waals surface area (Å²) in [6.07, 6.45) is 0. The number of hydrogen-bond donors (Lipinski definition) is 1. The van der Waals surface area contributed by atoms with E-state index in [1.807, 2.05) is 30.3 Å². The van der Waals surface area contributed by atoms with Crippen LogP contribution in [0.5, 0.6) is 0 Å². The molecule has 0 aliphatic rings. The van der Waals surface area contributed by atoms with Crippen molar-refractivity contribution in [1.82, 2.24) is 15.0 Å². The van der Waals surface area contributed by atoms with Gasteiger partial charge in [0.15, 0.2) is 4.83 Å². The number of rotatable bonds is 5. The van der Waals surface area contributed by atoms with Gasteiger partial charge in [-0.2, -0.15) is 4.68 Å². The van der Waals surface area contributed by atoms with Crippen molar-refractivity contribution >= 4 is 39.1 Å². The molecule has 0 aliphatic carbocycles. The van der Waals surface area contributed by atoms with Crippen LogP contribution < -0.4 is 10.9 Å². The number of thiophene rings is 1. The molecule has 0 bridgehead atoms. The van der Waals surface area contributed by atoms with Crippen LogP contribution in [-0.4, -0.2) is 34.0 Å². The van der Waals surface area contributed by atoms with E-state index in [0.29, 0.717) is 21.5 Å². The Morgan fingerprint density at radius 2 is 1.87 bits per heavy atom. The summed E-state index contributed by atoms with van der Waals surface area (Å²) in [7, 11) is 1.28. The van der Waals surface area contributed by atoms with E-state index in [1.165, 1.54) is 24.5 Å². The molecule has 0 radical (unpaired) electrons. The zero-order valence-corrected chi connectivity index (χ0v) is 17.6. The van der Waals surface area contributed by atoms with E-state index in [1.54, 1.807) is 31.2 Å². The van der Waals surface area contributed by atoms with Crippen LogP contribution in [0.25, 0.3) is 20.7 Å². The maximum Gasteiger partial charge on any atom is 0.337 e. The molecule has 2 aromatic carbocycles. The molecule has 0 fully saturated rings. The molecule has 2 heterocycles. The zero-order chi connectivity index (χ0) is 22.0. The molecule has 0 aliphatic heterocycles. The number of carbonyl (C=O) groups excluding carboxylic acids is 2. The highest BCUT2D eigenvalue weighted by atomic mass is 32.1. The van der Waals surface area contributed by atoms with Gasteiger partial charge >= 0.3 is 5.97 Å². The predicted molar refractivity (Wildman–Crippen MR) is 118 cm³/mol. The highest BCUT2D eigenvalue weighted by molar-refractivity contribution is 7.21. The molecule has 9 heteroatoms. The Hall–Kier alpha value is -3.85. The minimum absolute atomic E-state index is 0.304. The average Bonchev–Trinajstić information content (AvgIpc) is 3.24. The van der Waals surface area contributed by atoms with E-state index in [4.69, 9.17) is 0 Å². The van der Waals surface area contributed by atoms with E-state index in [9.17, 15) is 14.4 Å². The Bertz CT molecular complexity index is 1330. The number of aromatic nitrogens is 3. The lowest BCUT2D eigenvalue weighted by Crippen LogP contribution is -2.33. The monoisotopic (exact) mass is 434 g/mol. The van der Waals surface area contributed by atoms with Gasteiger partial charge < -0.3 is 10.1 Å². The van der Waals surface area contributed by atoms with Gasteiger partial charge in [0.25, 0.3) is 5.56 Å². The Morgan fingerprint density at radius 1 is 1.10 bits per heavy atom. The van der Waals surface area contributed by atoms with Crippen LogP contribution >= 0.6 is 11.3 Å². The zero-order valence-electron chi connectivity index (χ0n) is 16.7. The van der Waals surface area contributed by atoms with Crippen molar-refractivity contribution in [3.05, 3.63) is 76.6 Å². The summed E-state index contributed by atoms with van der Waals surface area (Å²) in [5, 5.41) is 11.2. The normalized spacial score (nSPS) is 11.8. The summed E-state index contributed by atoms with van der Waals surface area (Å²) in [5.74, 6) is -0.973. The number of methoxy groups -OCH3 is 1. The smallest absolute Gasteiger partial charge is 0.337 e. The number of nitrogens with zero attached hydrogens (tertiary/aromatic N) is 3. The molecule has 2 aromatic heterocycles. The van der Waals surface area contributed by atoms with Crippen molar-refractivity contribution in [2.75, 3.05) is 12.4 Å². The lowest BCUT2D eigenvalue weighted by molar-refractivity contribution is -0.119. The maximum atomic E-state index is 13.0. The summed E-state index contributed by atoms with van der Waals surface area (Å²) in [6, 6.07) is 16.9. The number of hydrogen-bond acceptors (Lipinski definition) is 7. The van der Waals surface area contributed by atoms with Crippen molar-refractivity contribution < 1.29 is 14.3 Å². The van der Waals surface area contributed by atoms with Crippen LogP contribution in [-0.2, 0) is 9.53 Å². The number of ether oxygens (including phenoxy) is 1. The van der Waals surface area contributed by atoms with Gasteiger partial charge in [0.1, 0.15) is 6.04 Å². The van der Waals surface area contributed by atoms with Gasteiger partial charge in [0.05, 0.1) is 18.1 Å². The maximum absolute atomic E-state index is 13.0. The lowest BCUT2D eigenvalue weighted by Gasteiger charge is -2.13. The molecule has 4 rings (SSSR count). The molecule has 4 aromatic rings. The fourth-order valence-electron chi connectivity index (χ4n) is 3.06. The molecule has 0 saturated heterocycles. The third-order valence-corrected chi connectivity index (χ3v) is 5.81. The van der Waals surface area contributed by atoms with Gasteiger partial charge in [-0.25, -0.2) is 4.79 Å². The Labute approximate surface area is 181 Å². The molecule has 1 atom stereocenters. The Balaban J connectivity index is 1.61. The first-order valence-corrected chi connectivity index (χ1v) is 10.2. The van der Waals surface area contributed by atoms with Gasteiger partial charge in [-0.05, 0) is 36.8 Å². The number of amides is 1. The number of esters is 1. The second-order valence-corrected chi connectivity index (χ2v) is 7.80. The molecule has 8 nitrogen and oxygen atoms in total. The minimum atomic E-state index is -0.911. The van der Waals surface area contributed by atoms with Gasteiger partial charge in [-0.1, -0.05) is 41.6 Å². The molecule has 1 N–H and O–H groups in total. The summed E-state index contributed by atoms with van der Waals surface area (Å²) in [6.45, 7) is 1.56. The van der Waals surface area contributed by atoms with Crippen LogP contribution in [0.3, 0.4) is 0 Å². The largest absolute Gasteiger partial charge is 0.465 e. The highest BCUT2D eigenvalue weighted by Crippen LogP contribution is 2.30. The van der Waals surface area contributed by atoms with E-state index in [0.717, 1.165) is 15.1 Å². The third kappa shape index (κ3) is 4.08. The third-order valence-electron chi connectivity index (χ3n) is 4.74. The molecule has 1 amide bonds. The molecule has 156 valence electrons. The number of nitrogens with one attached hydrogen (secondary N) is 1. The van der Waals surface area contributed by atoms with Crippen molar-refractivity contribution in [3.63, 3.8) is 0 Å². The second-order valence-electron chi connectivity index (χ2n) is 6.77. The Kier molecular flexibility index (Phi) is 5.59. The lowest BCUT2D eigenvalue weighted by atomic mass is 10.2. The van der Waals surface area contributed by atoms with E-state index < -0.39 is 23.5 Å². The molecule has 0 spiro atoms. The molecule has 31 heavy (non-hydrogen) atoms. The number of anilines is 1. The van der Waals surface area contributed by atoms with Gasteiger partial charge in [0.2, 0.25) is 5.91 Å². The quantitative estimate of drug-likeness (QED) is 0.482. The average molecular weight is 434 g/mol. The van der Waals surface area contributed by atoms with Crippen LogP contribution in [0, 0.1) is 0 Å². The van der Waals surface area contributed by atoms with Gasteiger partial charge in [-0.3, -0.25) is 9.59 Å². The molecular weight excluding hydrogens is 416 g/mol. The van der Waals surface area contributed by atoms with Crippen LogP contribution in [0.1, 0.15) is 23.3 Å². The van der Waals surface area contributed by atoms with Gasteiger partial charge in [-0.15, -0.1) is 16.4 Å². The minimum Gasteiger partial charge on any atom is -0.465 e. The summed E-state index contributed by atoms with van der Waals surface area (Å²) in [5.41, 5.74) is 1.30. The van der Waals surface area contributed by atoms with Gasteiger partial charge in [0, 0.05) is 10.6 Å². The summed E-state index contributed by atoms with van der Waals surface area (Å²) < 4.78 is 5.75. The molecule has 1 unspecified atom stereocenters. The van der Waals surface area contributed by atoms with Crippen LogP contribution in [0.15, 0.2) is 65.5 Å². The fraction of sp³-hybridized carbons (Fsp3) is 0.136. The van der Waals surface area contributed by atoms with Crippen LogP contribution in [0.2, 0.25) is 0 Å².